The third-order valence-corrected chi connectivity index (χ3v) is 4.86. The standard InChI is InChI=1S/C14H18F3NO3S/c1-3-22(20,21)9-10(2)18-13(19)8-11-5-4-6-12(7-11)14(15,16)17/h4-7,10H,3,8-9H2,1-2H3,(H,18,19). The molecule has 0 heterocycles. The van der Waals surface area contributed by atoms with Gasteiger partial charge in [-0.15, -0.1) is 0 Å². The van der Waals surface area contributed by atoms with Crippen molar-refractivity contribution in [1.29, 1.82) is 0 Å². The zero-order valence-corrected chi connectivity index (χ0v) is 13.1. The van der Waals surface area contributed by atoms with Crippen molar-refractivity contribution < 1.29 is 26.4 Å². The SMILES string of the molecule is CCS(=O)(=O)CC(C)NC(=O)Cc1cccc(C(F)(F)F)c1. The molecule has 1 aromatic rings. The molecule has 0 spiro atoms. The number of alkyl halides is 3. The van der Waals surface area contributed by atoms with Gasteiger partial charge < -0.3 is 5.32 Å². The normalized spacial score (nSPS) is 13.7. The van der Waals surface area contributed by atoms with Gasteiger partial charge in [0, 0.05) is 11.8 Å². The number of hydrogen-bond acceptors (Lipinski definition) is 3. The summed E-state index contributed by atoms with van der Waals surface area (Å²) in [6.45, 7) is 3.05. The van der Waals surface area contributed by atoms with E-state index in [2.05, 4.69) is 5.32 Å². The molecule has 0 aliphatic carbocycles. The molecule has 0 aliphatic rings. The maximum Gasteiger partial charge on any atom is 0.416 e. The molecule has 0 fully saturated rings. The Hall–Kier alpha value is -1.57. The van der Waals surface area contributed by atoms with Crippen LogP contribution in [0.2, 0.25) is 0 Å². The molecule has 0 bridgehead atoms. The van der Waals surface area contributed by atoms with E-state index in [0.29, 0.717) is 0 Å². The van der Waals surface area contributed by atoms with Crippen molar-refractivity contribution in [2.45, 2.75) is 32.5 Å². The zero-order valence-electron chi connectivity index (χ0n) is 12.3. The molecule has 1 aromatic carbocycles. The molecule has 124 valence electrons. The van der Waals surface area contributed by atoms with Crippen LogP contribution in [-0.4, -0.2) is 31.9 Å². The summed E-state index contributed by atoms with van der Waals surface area (Å²) in [4.78, 5) is 11.8. The van der Waals surface area contributed by atoms with Crippen molar-refractivity contribution in [3.8, 4) is 0 Å². The number of benzene rings is 1. The molecule has 1 N–H and O–H groups in total. The summed E-state index contributed by atoms with van der Waals surface area (Å²) < 4.78 is 60.6. The summed E-state index contributed by atoms with van der Waals surface area (Å²) in [5, 5.41) is 2.48. The van der Waals surface area contributed by atoms with Crippen LogP contribution in [0.4, 0.5) is 13.2 Å². The predicted octanol–water partition coefficient (Wildman–Crippen LogP) is 2.19. The summed E-state index contributed by atoms with van der Waals surface area (Å²) in [7, 11) is -3.23. The van der Waals surface area contributed by atoms with Crippen molar-refractivity contribution in [1.82, 2.24) is 5.32 Å². The fraction of sp³-hybridized carbons (Fsp3) is 0.500. The topological polar surface area (TPSA) is 63.2 Å². The Morgan fingerprint density at radius 3 is 2.50 bits per heavy atom. The summed E-state index contributed by atoms with van der Waals surface area (Å²) in [6.07, 6.45) is -4.70. The van der Waals surface area contributed by atoms with E-state index in [-0.39, 0.29) is 23.5 Å². The monoisotopic (exact) mass is 337 g/mol. The van der Waals surface area contributed by atoms with Gasteiger partial charge in [-0.25, -0.2) is 8.42 Å². The number of carbonyl (C=O) groups is 1. The summed E-state index contributed by atoms with van der Waals surface area (Å²) in [5.74, 6) is -0.739. The minimum Gasteiger partial charge on any atom is -0.352 e. The predicted molar refractivity (Wildman–Crippen MR) is 77.1 cm³/mol. The minimum atomic E-state index is -4.46. The first-order valence-corrected chi connectivity index (χ1v) is 8.51. The highest BCUT2D eigenvalue weighted by molar-refractivity contribution is 7.91. The van der Waals surface area contributed by atoms with E-state index in [0.717, 1.165) is 12.1 Å². The van der Waals surface area contributed by atoms with Gasteiger partial charge in [-0.3, -0.25) is 4.79 Å². The number of hydrogen-bond donors (Lipinski definition) is 1. The highest BCUT2D eigenvalue weighted by Crippen LogP contribution is 2.29. The molecule has 0 saturated carbocycles. The average Bonchev–Trinajstić information content (AvgIpc) is 2.37. The van der Waals surface area contributed by atoms with Gasteiger partial charge >= 0.3 is 6.18 Å². The first kappa shape index (κ1) is 18.5. The fourth-order valence-electron chi connectivity index (χ4n) is 1.91. The summed E-state index contributed by atoms with van der Waals surface area (Å²) in [6, 6.07) is 3.90. The van der Waals surface area contributed by atoms with Gasteiger partial charge in [-0.1, -0.05) is 25.1 Å². The largest absolute Gasteiger partial charge is 0.416 e. The van der Waals surface area contributed by atoms with Crippen LogP contribution < -0.4 is 5.32 Å². The van der Waals surface area contributed by atoms with Gasteiger partial charge in [0.25, 0.3) is 0 Å². The third kappa shape index (κ3) is 6.05. The number of rotatable bonds is 6. The maximum absolute atomic E-state index is 12.6. The Morgan fingerprint density at radius 2 is 1.95 bits per heavy atom. The van der Waals surface area contributed by atoms with Crippen LogP contribution in [0.5, 0.6) is 0 Å². The van der Waals surface area contributed by atoms with Crippen LogP contribution in [0.3, 0.4) is 0 Å². The maximum atomic E-state index is 12.6. The Labute approximate surface area is 127 Å². The van der Waals surface area contributed by atoms with Gasteiger partial charge in [-0.2, -0.15) is 13.2 Å². The minimum absolute atomic E-state index is 0.0269. The van der Waals surface area contributed by atoms with E-state index in [1.54, 1.807) is 0 Å². The van der Waals surface area contributed by atoms with Crippen molar-refractivity contribution in [3.63, 3.8) is 0 Å². The van der Waals surface area contributed by atoms with Crippen molar-refractivity contribution in [2.24, 2.45) is 0 Å². The first-order chi connectivity index (χ1) is 10.0. The average molecular weight is 337 g/mol. The van der Waals surface area contributed by atoms with Gasteiger partial charge in [0.05, 0.1) is 17.7 Å². The van der Waals surface area contributed by atoms with Crippen molar-refractivity contribution in [2.75, 3.05) is 11.5 Å². The molecule has 4 nitrogen and oxygen atoms in total. The Kier molecular flexibility index (Phi) is 5.99. The highest BCUT2D eigenvalue weighted by Gasteiger charge is 2.30. The van der Waals surface area contributed by atoms with Crippen LogP contribution in [0, 0.1) is 0 Å². The molecular weight excluding hydrogens is 319 g/mol. The van der Waals surface area contributed by atoms with E-state index < -0.39 is 33.5 Å². The number of nitrogens with one attached hydrogen (secondary N) is 1. The van der Waals surface area contributed by atoms with E-state index in [4.69, 9.17) is 0 Å². The summed E-state index contributed by atoms with van der Waals surface area (Å²) in [5.41, 5.74) is -0.600. The molecule has 0 aliphatic heterocycles. The van der Waals surface area contributed by atoms with E-state index in [9.17, 15) is 26.4 Å². The van der Waals surface area contributed by atoms with E-state index >= 15 is 0 Å². The molecule has 8 heteroatoms. The molecule has 1 rings (SSSR count). The molecular formula is C14H18F3NO3S. The van der Waals surface area contributed by atoms with Crippen LogP contribution >= 0.6 is 0 Å². The fourth-order valence-corrected chi connectivity index (χ4v) is 2.99. The molecule has 1 amide bonds. The van der Waals surface area contributed by atoms with Crippen LogP contribution in [0.1, 0.15) is 25.0 Å². The molecule has 0 saturated heterocycles. The zero-order chi connectivity index (χ0) is 17.0. The second-order valence-electron chi connectivity index (χ2n) is 5.04. The van der Waals surface area contributed by atoms with Gasteiger partial charge in [0.1, 0.15) is 0 Å². The highest BCUT2D eigenvalue weighted by atomic mass is 32.2. The lowest BCUT2D eigenvalue weighted by Gasteiger charge is -2.14. The van der Waals surface area contributed by atoms with Gasteiger partial charge in [-0.05, 0) is 18.6 Å². The van der Waals surface area contributed by atoms with Crippen LogP contribution in [0.15, 0.2) is 24.3 Å². The van der Waals surface area contributed by atoms with Gasteiger partial charge in [0.2, 0.25) is 5.91 Å². The van der Waals surface area contributed by atoms with E-state index in [1.165, 1.54) is 26.0 Å². The smallest absolute Gasteiger partial charge is 0.352 e. The molecule has 0 aromatic heterocycles. The summed E-state index contributed by atoms with van der Waals surface area (Å²) >= 11 is 0. The van der Waals surface area contributed by atoms with Gasteiger partial charge in [0.15, 0.2) is 9.84 Å². The third-order valence-electron chi connectivity index (χ3n) is 2.97. The number of amides is 1. The molecule has 1 atom stereocenters. The van der Waals surface area contributed by atoms with Crippen LogP contribution in [-0.2, 0) is 27.2 Å². The molecule has 1 unspecified atom stereocenters. The Balaban J connectivity index is 2.66. The van der Waals surface area contributed by atoms with Crippen molar-refractivity contribution in [3.05, 3.63) is 35.4 Å². The number of carbonyl (C=O) groups excluding carboxylic acids is 1. The number of sulfone groups is 1. The second kappa shape index (κ2) is 7.13. The molecule has 0 radical (unpaired) electrons. The van der Waals surface area contributed by atoms with Crippen molar-refractivity contribution >= 4 is 15.7 Å². The quantitative estimate of drug-likeness (QED) is 0.865. The number of halogens is 3. The first-order valence-electron chi connectivity index (χ1n) is 6.69. The Bertz CT molecular complexity index is 626. The Morgan fingerprint density at radius 1 is 1.32 bits per heavy atom. The molecule has 22 heavy (non-hydrogen) atoms. The lowest BCUT2D eigenvalue weighted by molar-refractivity contribution is -0.137. The lowest BCUT2D eigenvalue weighted by atomic mass is 10.1. The lowest BCUT2D eigenvalue weighted by Crippen LogP contribution is -2.38. The second-order valence-corrected chi connectivity index (χ2v) is 7.44. The van der Waals surface area contributed by atoms with E-state index in [1.807, 2.05) is 0 Å². The van der Waals surface area contributed by atoms with Crippen LogP contribution in [0.25, 0.3) is 0 Å².